The molecule has 0 bridgehead atoms. The van der Waals surface area contributed by atoms with E-state index >= 15 is 0 Å². The fraction of sp³-hybridized carbons (Fsp3) is 0.579. The average molecular weight is 331 g/mol. The summed E-state index contributed by atoms with van der Waals surface area (Å²) in [6.45, 7) is 9.77. The van der Waals surface area contributed by atoms with Gasteiger partial charge in [-0.15, -0.1) is 0 Å². The van der Waals surface area contributed by atoms with Crippen molar-refractivity contribution >= 4 is 11.8 Å². The molecule has 0 aliphatic carbocycles. The van der Waals surface area contributed by atoms with Gasteiger partial charge in [0.2, 0.25) is 5.91 Å². The summed E-state index contributed by atoms with van der Waals surface area (Å²) >= 11 is 0. The Morgan fingerprint density at radius 1 is 1.29 bits per heavy atom. The molecule has 1 aromatic carbocycles. The molecule has 2 rings (SSSR count). The maximum absolute atomic E-state index is 12.7. The van der Waals surface area contributed by atoms with E-state index in [0.717, 1.165) is 25.1 Å². The van der Waals surface area contributed by atoms with E-state index in [2.05, 4.69) is 22.9 Å². The Labute approximate surface area is 144 Å². The minimum Gasteiger partial charge on any atom is -0.350 e. The average Bonchev–Trinajstić information content (AvgIpc) is 2.54. The monoisotopic (exact) mass is 331 g/mol. The second-order valence-electron chi connectivity index (χ2n) is 7.15. The van der Waals surface area contributed by atoms with Crippen molar-refractivity contribution in [2.24, 2.45) is 11.8 Å². The molecule has 1 aliphatic heterocycles. The molecule has 5 heteroatoms. The molecule has 1 aliphatic rings. The van der Waals surface area contributed by atoms with Crippen LogP contribution in [0, 0.1) is 18.8 Å². The van der Waals surface area contributed by atoms with E-state index in [1.54, 1.807) is 6.07 Å². The zero-order chi connectivity index (χ0) is 17.7. The van der Waals surface area contributed by atoms with Crippen molar-refractivity contribution in [1.29, 1.82) is 0 Å². The molecule has 3 N–H and O–H groups in total. The van der Waals surface area contributed by atoms with E-state index < -0.39 is 6.04 Å². The number of benzene rings is 1. The van der Waals surface area contributed by atoms with Crippen molar-refractivity contribution in [2.45, 2.75) is 46.2 Å². The minimum atomic E-state index is -0.535. The number of nitrogens with one attached hydrogen (secondary N) is 3. The van der Waals surface area contributed by atoms with Crippen LogP contribution in [-0.4, -0.2) is 37.0 Å². The molecule has 1 heterocycles. The van der Waals surface area contributed by atoms with Crippen LogP contribution in [0.3, 0.4) is 0 Å². The van der Waals surface area contributed by atoms with Gasteiger partial charge < -0.3 is 16.0 Å². The lowest BCUT2D eigenvalue weighted by molar-refractivity contribution is -0.125. The van der Waals surface area contributed by atoms with Crippen LogP contribution in [0.1, 0.15) is 43.1 Å². The SMILES string of the molecule is Cc1cccc(C(=O)NC(C(=O)NC2CNCCC2C)C(C)C)c1. The predicted octanol–water partition coefficient (Wildman–Crippen LogP) is 1.86. The van der Waals surface area contributed by atoms with E-state index in [4.69, 9.17) is 0 Å². The van der Waals surface area contributed by atoms with Gasteiger partial charge in [0.25, 0.3) is 5.91 Å². The fourth-order valence-corrected chi connectivity index (χ4v) is 3.00. The van der Waals surface area contributed by atoms with Gasteiger partial charge >= 0.3 is 0 Å². The number of rotatable bonds is 5. The molecular weight excluding hydrogens is 302 g/mol. The molecule has 0 saturated carbocycles. The van der Waals surface area contributed by atoms with Gasteiger partial charge in [-0.3, -0.25) is 9.59 Å². The molecule has 1 fully saturated rings. The first-order valence-electron chi connectivity index (χ1n) is 8.77. The minimum absolute atomic E-state index is 0.0191. The molecule has 24 heavy (non-hydrogen) atoms. The highest BCUT2D eigenvalue weighted by molar-refractivity contribution is 5.97. The van der Waals surface area contributed by atoms with Crippen molar-refractivity contribution < 1.29 is 9.59 Å². The summed E-state index contributed by atoms with van der Waals surface area (Å²) in [4.78, 5) is 25.1. The van der Waals surface area contributed by atoms with Gasteiger partial charge in [-0.1, -0.05) is 38.5 Å². The summed E-state index contributed by atoms with van der Waals surface area (Å²) in [5.41, 5.74) is 1.61. The zero-order valence-electron chi connectivity index (χ0n) is 15.1. The van der Waals surface area contributed by atoms with Gasteiger partial charge in [-0.2, -0.15) is 0 Å². The number of carbonyl (C=O) groups is 2. The number of amides is 2. The van der Waals surface area contributed by atoms with Gasteiger partial charge in [-0.25, -0.2) is 0 Å². The van der Waals surface area contributed by atoms with Crippen molar-refractivity contribution in [3.05, 3.63) is 35.4 Å². The van der Waals surface area contributed by atoms with Crippen LogP contribution in [0.25, 0.3) is 0 Å². The van der Waals surface area contributed by atoms with E-state index in [9.17, 15) is 9.59 Å². The summed E-state index contributed by atoms with van der Waals surface area (Å²) < 4.78 is 0. The van der Waals surface area contributed by atoms with Crippen LogP contribution in [-0.2, 0) is 4.79 Å². The Hall–Kier alpha value is -1.88. The highest BCUT2D eigenvalue weighted by Crippen LogP contribution is 2.13. The molecular formula is C19H29N3O2. The smallest absolute Gasteiger partial charge is 0.251 e. The second-order valence-corrected chi connectivity index (χ2v) is 7.15. The van der Waals surface area contributed by atoms with Crippen LogP contribution in [0.5, 0.6) is 0 Å². The van der Waals surface area contributed by atoms with Crippen LogP contribution >= 0.6 is 0 Å². The third-order valence-corrected chi connectivity index (χ3v) is 4.67. The van der Waals surface area contributed by atoms with E-state index in [0.29, 0.717) is 11.5 Å². The largest absolute Gasteiger partial charge is 0.350 e. The molecule has 1 saturated heterocycles. The Morgan fingerprint density at radius 3 is 2.67 bits per heavy atom. The van der Waals surface area contributed by atoms with Crippen LogP contribution < -0.4 is 16.0 Å². The summed E-state index contributed by atoms with van der Waals surface area (Å²) in [5.74, 6) is 0.148. The van der Waals surface area contributed by atoms with Gasteiger partial charge in [0.1, 0.15) is 6.04 Å². The van der Waals surface area contributed by atoms with Gasteiger partial charge in [0, 0.05) is 18.2 Å². The number of piperidine rings is 1. The first-order valence-corrected chi connectivity index (χ1v) is 8.77. The van der Waals surface area contributed by atoms with Crippen LogP contribution in [0.15, 0.2) is 24.3 Å². The van der Waals surface area contributed by atoms with Crippen molar-refractivity contribution in [3.8, 4) is 0 Å². The van der Waals surface area contributed by atoms with E-state index in [1.807, 2.05) is 39.0 Å². The summed E-state index contributed by atoms with van der Waals surface area (Å²) in [5, 5.41) is 9.30. The lowest BCUT2D eigenvalue weighted by Gasteiger charge is -2.32. The quantitative estimate of drug-likeness (QED) is 0.771. The van der Waals surface area contributed by atoms with Crippen molar-refractivity contribution in [1.82, 2.24) is 16.0 Å². The Kier molecular flexibility index (Phi) is 6.37. The first kappa shape index (κ1) is 18.5. The topological polar surface area (TPSA) is 70.2 Å². The molecule has 2 amide bonds. The second kappa shape index (κ2) is 8.29. The summed E-state index contributed by atoms with van der Waals surface area (Å²) in [6.07, 6.45) is 1.05. The first-order chi connectivity index (χ1) is 11.4. The third kappa shape index (κ3) is 4.81. The highest BCUT2D eigenvalue weighted by atomic mass is 16.2. The number of aryl methyl sites for hydroxylation is 1. The number of carbonyl (C=O) groups excluding carboxylic acids is 2. The van der Waals surface area contributed by atoms with E-state index in [-0.39, 0.29) is 23.8 Å². The molecule has 132 valence electrons. The lowest BCUT2D eigenvalue weighted by Crippen LogP contribution is -2.56. The van der Waals surface area contributed by atoms with Gasteiger partial charge in [0.15, 0.2) is 0 Å². The highest BCUT2D eigenvalue weighted by Gasteiger charge is 2.29. The Bertz CT molecular complexity index is 586. The van der Waals surface area contributed by atoms with Crippen molar-refractivity contribution in [3.63, 3.8) is 0 Å². The van der Waals surface area contributed by atoms with Gasteiger partial charge in [0.05, 0.1) is 0 Å². The maximum atomic E-state index is 12.7. The Balaban J connectivity index is 2.02. The maximum Gasteiger partial charge on any atom is 0.251 e. The third-order valence-electron chi connectivity index (χ3n) is 4.67. The molecule has 0 radical (unpaired) electrons. The zero-order valence-corrected chi connectivity index (χ0v) is 15.1. The molecule has 3 unspecified atom stereocenters. The standard InChI is InChI=1S/C19H29N3O2/c1-12(2)17(19(24)21-16-11-20-9-8-14(16)4)22-18(23)15-7-5-6-13(3)10-15/h5-7,10,12,14,16-17,20H,8-9,11H2,1-4H3,(H,21,24)(H,22,23). The van der Waals surface area contributed by atoms with Gasteiger partial charge in [-0.05, 0) is 43.9 Å². The molecule has 0 aromatic heterocycles. The summed E-state index contributed by atoms with van der Waals surface area (Å²) in [7, 11) is 0. The molecule has 5 nitrogen and oxygen atoms in total. The van der Waals surface area contributed by atoms with Crippen LogP contribution in [0.2, 0.25) is 0 Å². The lowest BCUT2D eigenvalue weighted by atomic mass is 9.93. The summed E-state index contributed by atoms with van der Waals surface area (Å²) in [6, 6.07) is 6.98. The normalized spacial score (nSPS) is 22.0. The van der Waals surface area contributed by atoms with E-state index in [1.165, 1.54) is 0 Å². The predicted molar refractivity (Wildman–Crippen MR) is 95.9 cm³/mol. The fourth-order valence-electron chi connectivity index (χ4n) is 3.00. The molecule has 1 aromatic rings. The van der Waals surface area contributed by atoms with Crippen molar-refractivity contribution in [2.75, 3.05) is 13.1 Å². The molecule has 0 spiro atoms. The number of hydrogen-bond donors (Lipinski definition) is 3. The Morgan fingerprint density at radius 2 is 2.04 bits per heavy atom. The molecule has 3 atom stereocenters. The number of hydrogen-bond acceptors (Lipinski definition) is 3. The van der Waals surface area contributed by atoms with Crippen LogP contribution in [0.4, 0.5) is 0 Å².